The number of nitrogens with one attached hydrogen (secondary N) is 1. The van der Waals surface area contributed by atoms with Crippen LogP contribution in [0.4, 0.5) is 27.6 Å². The lowest BCUT2D eigenvalue weighted by atomic mass is 9.83. The highest BCUT2D eigenvalue weighted by molar-refractivity contribution is 5.54. The lowest BCUT2D eigenvalue weighted by Gasteiger charge is -2.34. The minimum atomic E-state index is -4.72. The van der Waals surface area contributed by atoms with E-state index in [9.17, 15) is 22.0 Å². The van der Waals surface area contributed by atoms with E-state index in [4.69, 9.17) is 4.74 Å². The fourth-order valence-corrected chi connectivity index (χ4v) is 3.13. The summed E-state index contributed by atoms with van der Waals surface area (Å²) in [7, 11) is 1.29. The highest BCUT2D eigenvalue weighted by atomic mass is 19.4. The topological polar surface area (TPSA) is 21.3 Å². The summed E-state index contributed by atoms with van der Waals surface area (Å²) in [5.41, 5.74) is -1.40. The molecule has 1 atom stereocenters. The van der Waals surface area contributed by atoms with E-state index in [1.54, 1.807) is 37.3 Å². The second kappa shape index (κ2) is 7.73. The van der Waals surface area contributed by atoms with E-state index in [1.165, 1.54) is 19.2 Å². The summed E-state index contributed by atoms with van der Waals surface area (Å²) in [4.78, 5) is 0. The molecule has 0 radical (unpaired) electrons. The summed E-state index contributed by atoms with van der Waals surface area (Å²) in [5.74, 6) is -1.71. The Morgan fingerprint density at radius 2 is 1.45 bits per heavy atom. The number of hydrogen-bond acceptors (Lipinski definition) is 2. The first-order valence-electron chi connectivity index (χ1n) is 8.69. The maximum atomic E-state index is 14.1. The maximum Gasteiger partial charge on any atom is 0.416 e. The molecule has 0 aliphatic rings. The van der Waals surface area contributed by atoms with Crippen molar-refractivity contribution in [1.29, 1.82) is 0 Å². The molecule has 0 bridgehead atoms. The minimum Gasteiger partial charge on any atom is -0.494 e. The zero-order chi connectivity index (χ0) is 21.2. The molecule has 29 heavy (non-hydrogen) atoms. The maximum absolute atomic E-state index is 14.1. The van der Waals surface area contributed by atoms with Gasteiger partial charge in [-0.15, -0.1) is 0 Å². The molecule has 0 spiro atoms. The van der Waals surface area contributed by atoms with Crippen molar-refractivity contribution in [3.63, 3.8) is 0 Å². The summed E-state index contributed by atoms with van der Waals surface area (Å²) in [6.45, 7) is 1.60. The Morgan fingerprint density at radius 3 is 2.07 bits per heavy atom. The molecule has 0 aromatic heterocycles. The lowest BCUT2D eigenvalue weighted by Crippen LogP contribution is -2.34. The number of alkyl halides is 3. The second-order valence-corrected chi connectivity index (χ2v) is 6.69. The largest absolute Gasteiger partial charge is 0.494 e. The van der Waals surface area contributed by atoms with Gasteiger partial charge in [0.15, 0.2) is 11.6 Å². The van der Waals surface area contributed by atoms with E-state index >= 15 is 0 Å². The van der Waals surface area contributed by atoms with E-state index in [1.807, 2.05) is 0 Å². The highest BCUT2D eigenvalue weighted by Gasteiger charge is 2.36. The predicted octanol–water partition coefficient (Wildman–Crippen LogP) is 6.37. The number of anilines is 1. The molecule has 0 fully saturated rings. The molecule has 0 aliphatic carbocycles. The van der Waals surface area contributed by atoms with Gasteiger partial charge in [0.2, 0.25) is 0 Å². The number of hydrogen-bond donors (Lipinski definition) is 1. The van der Waals surface area contributed by atoms with Crippen molar-refractivity contribution >= 4 is 5.69 Å². The van der Waals surface area contributed by atoms with Gasteiger partial charge in [0.05, 0.1) is 18.2 Å². The Morgan fingerprint density at radius 1 is 0.793 bits per heavy atom. The number of benzene rings is 3. The average Bonchev–Trinajstić information content (AvgIpc) is 2.68. The number of para-hydroxylation sites is 1. The van der Waals surface area contributed by atoms with Crippen LogP contribution in [0.3, 0.4) is 0 Å². The van der Waals surface area contributed by atoms with Crippen molar-refractivity contribution in [1.82, 2.24) is 0 Å². The third kappa shape index (κ3) is 4.34. The van der Waals surface area contributed by atoms with Crippen molar-refractivity contribution in [3.05, 3.63) is 95.1 Å². The quantitative estimate of drug-likeness (QED) is 0.497. The molecule has 3 rings (SSSR count). The number of halogens is 5. The van der Waals surface area contributed by atoms with Crippen molar-refractivity contribution in [2.75, 3.05) is 12.4 Å². The van der Waals surface area contributed by atoms with Crippen molar-refractivity contribution < 1.29 is 26.7 Å². The standard InChI is InChI=1S/C22H18F5NO/c1-21(28-18-6-4-3-5-7-18,14-8-9-19(24)20(13-14)29-2)15-10-16(22(25,26)27)12-17(23)11-15/h3-13,28H,1-2H3/t21-/m1/s1. The highest BCUT2D eigenvalue weighted by Crippen LogP contribution is 2.39. The monoisotopic (exact) mass is 407 g/mol. The van der Waals surface area contributed by atoms with Crippen LogP contribution in [-0.2, 0) is 11.7 Å². The molecule has 2 nitrogen and oxygen atoms in total. The second-order valence-electron chi connectivity index (χ2n) is 6.69. The molecule has 1 N–H and O–H groups in total. The summed E-state index contributed by atoms with van der Waals surface area (Å²) in [5, 5.41) is 3.15. The molecule has 3 aromatic rings. The Kier molecular flexibility index (Phi) is 5.50. The lowest BCUT2D eigenvalue weighted by molar-refractivity contribution is -0.137. The zero-order valence-corrected chi connectivity index (χ0v) is 15.6. The number of methoxy groups -OCH3 is 1. The SMILES string of the molecule is COc1cc([C@@](C)(Nc2ccccc2)c2cc(F)cc(C(F)(F)F)c2)ccc1F. The van der Waals surface area contributed by atoms with E-state index in [-0.39, 0.29) is 11.3 Å². The molecule has 7 heteroatoms. The van der Waals surface area contributed by atoms with Gasteiger partial charge in [0, 0.05) is 5.69 Å². The average molecular weight is 407 g/mol. The molecule has 0 amide bonds. The van der Waals surface area contributed by atoms with Crippen molar-refractivity contribution in [2.45, 2.75) is 18.6 Å². The minimum absolute atomic E-state index is 0.0299. The van der Waals surface area contributed by atoms with Crippen LogP contribution in [0.25, 0.3) is 0 Å². The fraction of sp³-hybridized carbons (Fsp3) is 0.182. The summed E-state index contributed by atoms with van der Waals surface area (Å²) in [6.07, 6.45) is -4.72. The van der Waals surface area contributed by atoms with E-state index in [0.29, 0.717) is 17.3 Å². The van der Waals surface area contributed by atoms with Gasteiger partial charge >= 0.3 is 6.18 Å². The van der Waals surface area contributed by atoms with Crippen LogP contribution in [0.5, 0.6) is 5.75 Å². The molecular formula is C22H18F5NO. The van der Waals surface area contributed by atoms with Crippen molar-refractivity contribution in [2.24, 2.45) is 0 Å². The van der Waals surface area contributed by atoms with E-state index in [0.717, 1.165) is 18.2 Å². The number of rotatable bonds is 5. The van der Waals surface area contributed by atoms with Crippen LogP contribution >= 0.6 is 0 Å². The normalized spacial score (nSPS) is 13.6. The Bertz CT molecular complexity index is 1000. The van der Waals surface area contributed by atoms with Crippen LogP contribution in [-0.4, -0.2) is 7.11 Å². The van der Waals surface area contributed by atoms with Crippen LogP contribution in [0, 0.1) is 11.6 Å². The van der Waals surface area contributed by atoms with E-state index in [2.05, 4.69) is 5.32 Å². The van der Waals surface area contributed by atoms with Crippen LogP contribution < -0.4 is 10.1 Å². The molecule has 3 aromatic carbocycles. The third-order valence-corrected chi connectivity index (χ3v) is 4.70. The summed E-state index contributed by atoms with van der Waals surface area (Å²) in [6, 6.07) is 15.0. The smallest absolute Gasteiger partial charge is 0.416 e. The molecule has 0 saturated heterocycles. The van der Waals surface area contributed by atoms with Gasteiger partial charge in [-0.2, -0.15) is 13.2 Å². The van der Waals surface area contributed by atoms with Crippen LogP contribution in [0.15, 0.2) is 66.7 Å². The fourth-order valence-electron chi connectivity index (χ4n) is 3.13. The van der Waals surface area contributed by atoms with Gasteiger partial charge in [-0.1, -0.05) is 24.3 Å². The van der Waals surface area contributed by atoms with E-state index < -0.39 is 28.9 Å². The van der Waals surface area contributed by atoms with Crippen LogP contribution in [0.1, 0.15) is 23.6 Å². The molecular weight excluding hydrogens is 389 g/mol. The predicted molar refractivity (Wildman–Crippen MR) is 101 cm³/mol. The Labute approximate surface area is 164 Å². The van der Waals surface area contributed by atoms with Gasteiger partial charge in [0.25, 0.3) is 0 Å². The Hall–Kier alpha value is -3.09. The molecule has 0 unspecified atom stereocenters. The zero-order valence-electron chi connectivity index (χ0n) is 15.6. The summed E-state index contributed by atoms with van der Waals surface area (Å²) < 4.78 is 72.9. The first kappa shape index (κ1) is 20.6. The van der Waals surface area contributed by atoms with Gasteiger partial charge in [-0.25, -0.2) is 8.78 Å². The molecule has 0 saturated carbocycles. The van der Waals surface area contributed by atoms with Gasteiger partial charge in [-0.05, 0) is 60.5 Å². The molecule has 0 aliphatic heterocycles. The third-order valence-electron chi connectivity index (χ3n) is 4.70. The Balaban J connectivity index is 2.22. The van der Waals surface area contributed by atoms with Crippen LogP contribution in [0.2, 0.25) is 0 Å². The van der Waals surface area contributed by atoms with Crippen molar-refractivity contribution in [3.8, 4) is 5.75 Å². The van der Waals surface area contributed by atoms with Gasteiger partial charge in [-0.3, -0.25) is 0 Å². The van der Waals surface area contributed by atoms with Gasteiger partial charge < -0.3 is 10.1 Å². The number of ether oxygens (including phenoxy) is 1. The first-order valence-corrected chi connectivity index (χ1v) is 8.69. The van der Waals surface area contributed by atoms with Gasteiger partial charge in [0.1, 0.15) is 5.82 Å². The first-order chi connectivity index (χ1) is 13.6. The molecule has 152 valence electrons. The molecule has 0 heterocycles. The summed E-state index contributed by atoms with van der Waals surface area (Å²) >= 11 is 0.